The lowest BCUT2D eigenvalue weighted by atomic mass is 9.58. The largest absolute Gasteiger partial charge is 0.392 e. The Morgan fingerprint density at radius 1 is 1.31 bits per heavy atom. The summed E-state index contributed by atoms with van der Waals surface area (Å²) in [6.45, 7) is 9.44. The molecule has 0 unspecified atom stereocenters. The van der Waals surface area contributed by atoms with Crippen LogP contribution in [0.1, 0.15) is 47.0 Å². The van der Waals surface area contributed by atoms with Crippen LogP contribution in [-0.2, 0) is 0 Å². The molecule has 0 bridgehead atoms. The Balaban J connectivity index is 2.02. The Kier molecular flexibility index (Phi) is 1.98. The maximum absolute atomic E-state index is 10.3. The fourth-order valence-corrected chi connectivity index (χ4v) is 4.90. The lowest BCUT2D eigenvalue weighted by Gasteiger charge is -2.48. The van der Waals surface area contributed by atoms with Crippen LogP contribution in [0.4, 0.5) is 0 Å². The van der Waals surface area contributed by atoms with E-state index in [2.05, 4.69) is 33.8 Å². The van der Waals surface area contributed by atoms with Gasteiger partial charge < -0.3 is 5.11 Å². The first kappa shape index (κ1) is 10.8. The third-order valence-electron chi connectivity index (χ3n) is 6.12. The van der Waals surface area contributed by atoms with Crippen molar-refractivity contribution in [3.8, 4) is 0 Å². The molecule has 2 fully saturated rings. The second-order valence-corrected chi connectivity index (χ2v) is 7.18. The highest BCUT2D eigenvalue weighted by atomic mass is 16.3. The molecule has 0 saturated heterocycles. The van der Waals surface area contributed by atoms with Crippen molar-refractivity contribution in [1.82, 2.24) is 0 Å². The van der Waals surface area contributed by atoms with E-state index in [1.54, 1.807) is 5.57 Å². The molecule has 5 atom stereocenters. The molecule has 0 aromatic rings. The van der Waals surface area contributed by atoms with Gasteiger partial charge in [-0.2, -0.15) is 0 Å². The van der Waals surface area contributed by atoms with Crippen molar-refractivity contribution < 1.29 is 5.11 Å². The summed E-state index contributed by atoms with van der Waals surface area (Å²) in [5.74, 6) is 2.39. The summed E-state index contributed by atoms with van der Waals surface area (Å²) in [7, 11) is 0. The first-order valence-electron chi connectivity index (χ1n) is 6.74. The van der Waals surface area contributed by atoms with E-state index in [4.69, 9.17) is 0 Å². The highest BCUT2D eigenvalue weighted by molar-refractivity contribution is 5.26. The van der Waals surface area contributed by atoms with Crippen LogP contribution >= 0.6 is 0 Å². The van der Waals surface area contributed by atoms with Crippen molar-refractivity contribution in [2.75, 3.05) is 0 Å². The van der Waals surface area contributed by atoms with Gasteiger partial charge in [0, 0.05) is 5.41 Å². The van der Waals surface area contributed by atoms with Crippen LogP contribution in [0.15, 0.2) is 11.6 Å². The molecule has 0 amide bonds. The van der Waals surface area contributed by atoms with Crippen LogP contribution in [0.25, 0.3) is 0 Å². The topological polar surface area (TPSA) is 20.2 Å². The Morgan fingerprint density at radius 2 is 2.00 bits per heavy atom. The van der Waals surface area contributed by atoms with E-state index in [0.717, 1.165) is 18.3 Å². The van der Waals surface area contributed by atoms with E-state index in [0.29, 0.717) is 11.3 Å². The van der Waals surface area contributed by atoms with Crippen molar-refractivity contribution in [2.24, 2.45) is 28.6 Å². The minimum absolute atomic E-state index is 0.112. The van der Waals surface area contributed by atoms with E-state index >= 15 is 0 Å². The van der Waals surface area contributed by atoms with Gasteiger partial charge in [0.05, 0.1) is 6.10 Å². The average Bonchev–Trinajstić information content (AvgIpc) is 2.76. The molecule has 0 aromatic carbocycles. The number of aliphatic hydroxyl groups is 1. The van der Waals surface area contributed by atoms with E-state index in [1.165, 1.54) is 12.8 Å². The van der Waals surface area contributed by atoms with Crippen LogP contribution in [0.3, 0.4) is 0 Å². The molecule has 1 nitrogen and oxygen atoms in total. The molecule has 3 rings (SSSR count). The molecule has 0 spiro atoms. The normalized spacial score (nSPS) is 53.7. The predicted molar refractivity (Wildman–Crippen MR) is 66.0 cm³/mol. The molecule has 1 heteroatoms. The number of allylic oxidation sites excluding steroid dienone is 1. The van der Waals surface area contributed by atoms with E-state index < -0.39 is 0 Å². The van der Waals surface area contributed by atoms with Crippen LogP contribution in [0.5, 0.6) is 0 Å². The molecule has 3 aliphatic carbocycles. The van der Waals surface area contributed by atoms with Crippen molar-refractivity contribution in [2.45, 2.75) is 53.1 Å². The third kappa shape index (κ3) is 1.11. The monoisotopic (exact) mass is 220 g/mol. The maximum atomic E-state index is 10.3. The van der Waals surface area contributed by atoms with Crippen molar-refractivity contribution in [3.63, 3.8) is 0 Å². The van der Waals surface area contributed by atoms with E-state index in [-0.39, 0.29) is 11.5 Å². The molecule has 0 aliphatic heterocycles. The van der Waals surface area contributed by atoms with Crippen molar-refractivity contribution in [3.05, 3.63) is 11.6 Å². The summed E-state index contributed by atoms with van der Waals surface area (Å²) in [5, 5.41) is 10.3. The first-order chi connectivity index (χ1) is 7.39. The second-order valence-electron chi connectivity index (χ2n) is 7.18. The van der Waals surface area contributed by atoms with Gasteiger partial charge in [-0.05, 0) is 49.4 Å². The van der Waals surface area contributed by atoms with Crippen LogP contribution in [-0.4, -0.2) is 11.2 Å². The molecular formula is C15H24O. The van der Waals surface area contributed by atoms with Gasteiger partial charge in [0.25, 0.3) is 0 Å². The van der Waals surface area contributed by atoms with Gasteiger partial charge in [0.1, 0.15) is 0 Å². The fraction of sp³-hybridized carbons (Fsp3) is 0.867. The number of aliphatic hydroxyl groups excluding tert-OH is 1. The Morgan fingerprint density at radius 3 is 2.69 bits per heavy atom. The molecule has 0 aromatic heterocycles. The quantitative estimate of drug-likeness (QED) is 0.620. The molecule has 2 saturated carbocycles. The summed E-state index contributed by atoms with van der Waals surface area (Å²) in [4.78, 5) is 0. The zero-order chi connectivity index (χ0) is 11.7. The summed E-state index contributed by atoms with van der Waals surface area (Å²) >= 11 is 0. The number of hydrogen-bond donors (Lipinski definition) is 1. The Hall–Kier alpha value is -0.300. The van der Waals surface area contributed by atoms with Gasteiger partial charge in [0.2, 0.25) is 0 Å². The van der Waals surface area contributed by atoms with Gasteiger partial charge in [-0.1, -0.05) is 32.4 Å². The van der Waals surface area contributed by atoms with Crippen LogP contribution < -0.4 is 0 Å². The zero-order valence-corrected chi connectivity index (χ0v) is 11.0. The van der Waals surface area contributed by atoms with Gasteiger partial charge in [0.15, 0.2) is 0 Å². The lowest BCUT2D eigenvalue weighted by molar-refractivity contribution is -0.0328. The fourth-order valence-electron chi connectivity index (χ4n) is 4.90. The predicted octanol–water partition coefficient (Wildman–Crippen LogP) is 3.39. The van der Waals surface area contributed by atoms with Crippen molar-refractivity contribution in [1.29, 1.82) is 0 Å². The van der Waals surface area contributed by atoms with Gasteiger partial charge in [-0.25, -0.2) is 0 Å². The number of rotatable bonds is 0. The molecule has 16 heavy (non-hydrogen) atoms. The number of fused-ring (bicyclic) bond motifs is 3. The molecule has 3 aliphatic rings. The average molecular weight is 220 g/mol. The van der Waals surface area contributed by atoms with Gasteiger partial charge in [-0.3, -0.25) is 0 Å². The molecule has 0 radical (unpaired) electrons. The first-order valence-corrected chi connectivity index (χ1v) is 6.74. The molecular weight excluding hydrogens is 196 g/mol. The molecule has 1 N–H and O–H groups in total. The van der Waals surface area contributed by atoms with Crippen LogP contribution in [0, 0.1) is 28.6 Å². The summed E-state index contributed by atoms with van der Waals surface area (Å²) in [5.41, 5.74) is 2.23. The second kappa shape index (κ2) is 2.93. The summed E-state index contributed by atoms with van der Waals surface area (Å²) in [6, 6.07) is 0. The zero-order valence-electron chi connectivity index (χ0n) is 11.0. The van der Waals surface area contributed by atoms with Crippen molar-refractivity contribution >= 4 is 0 Å². The van der Waals surface area contributed by atoms with Gasteiger partial charge in [-0.15, -0.1) is 0 Å². The Labute approximate surface area is 98.9 Å². The minimum atomic E-state index is -0.112. The molecule has 0 heterocycles. The smallest absolute Gasteiger partial charge is 0.0634 e. The third-order valence-corrected chi connectivity index (χ3v) is 6.12. The molecule has 90 valence electrons. The highest BCUT2D eigenvalue weighted by Gasteiger charge is 2.67. The standard InChI is InChI=1S/C15H24O/c1-9-5-6-11(16)15(4)8-7-10-13(12(9)15)14(10,2)3/h5,10-13,16H,6-8H2,1-4H3/t10-,11-,12+,13-,15-/m0/s1. The SMILES string of the molecule is CC1=CC[C@H](O)[C@]2(C)CC[C@H]3[C@@H]([C@@H]12)C3(C)C. The van der Waals surface area contributed by atoms with Gasteiger partial charge >= 0.3 is 0 Å². The summed E-state index contributed by atoms with van der Waals surface area (Å²) in [6.07, 6.45) is 5.59. The summed E-state index contributed by atoms with van der Waals surface area (Å²) < 4.78 is 0. The maximum Gasteiger partial charge on any atom is 0.0634 e. The van der Waals surface area contributed by atoms with E-state index in [1.807, 2.05) is 0 Å². The highest BCUT2D eigenvalue weighted by Crippen LogP contribution is 2.73. The Bertz CT molecular complexity index is 354. The minimum Gasteiger partial charge on any atom is -0.392 e. The van der Waals surface area contributed by atoms with E-state index in [9.17, 15) is 5.11 Å². The lowest BCUT2D eigenvalue weighted by Crippen LogP contribution is -2.45. The number of hydrogen-bond acceptors (Lipinski definition) is 1. The van der Waals surface area contributed by atoms with Crippen LogP contribution in [0.2, 0.25) is 0 Å².